The lowest BCUT2D eigenvalue weighted by Crippen LogP contribution is -2.06. The Morgan fingerprint density at radius 1 is 1.50 bits per heavy atom. The van der Waals surface area contributed by atoms with Gasteiger partial charge in [0.1, 0.15) is 0 Å². The molecule has 1 aliphatic rings. The maximum atomic E-state index is 10.4. The molecule has 0 aromatic rings. The number of hydrogen-bond donors (Lipinski definition) is 2. The molecule has 0 aromatic heterocycles. The molecule has 5 nitrogen and oxygen atoms in total. The summed E-state index contributed by atoms with van der Waals surface area (Å²) >= 11 is 0. The zero-order valence-corrected chi connectivity index (χ0v) is 6.19. The molecule has 0 radical (unpaired) electrons. The molecule has 0 aromatic carbocycles. The van der Waals surface area contributed by atoms with Crippen molar-refractivity contribution < 1.29 is 24.5 Å². The van der Waals surface area contributed by atoms with Gasteiger partial charge >= 0.3 is 11.9 Å². The fourth-order valence-corrected chi connectivity index (χ4v) is 0.788. The summed E-state index contributed by atoms with van der Waals surface area (Å²) in [5.74, 6) is -2.44. The van der Waals surface area contributed by atoms with E-state index in [1.165, 1.54) is 0 Å². The van der Waals surface area contributed by atoms with Crippen molar-refractivity contribution in [1.29, 1.82) is 0 Å². The van der Waals surface area contributed by atoms with E-state index in [1.807, 2.05) is 0 Å². The van der Waals surface area contributed by atoms with Crippen LogP contribution in [0.4, 0.5) is 0 Å². The van der Waals surface area contributed by atoms with E-state index in [9.17, 15) is 9.59 Å². The quantitative estimate of drug-likeness (QED) is 0.455. The minimum absolute atomic E-state index is 0.105. The molecule has 1 aliphatic heterocycles. The van der Waals surface area contributed by atoms with Gasteiger partial charge in [0.2, 0.25) is 0 Å². The molecule has 1 fully saturated rings. The molecule has 0 amide bonds. The highest BCUT2D eigenvalue weighted by molar-refractivity contribution is 5.94. The molecule has 12 heavy (non-hydrogen) atoms. The van der Waals surface area contributed by atoms with Crippen molar-refractivity contribution in [3.05, 3.63) is 11.6 Å². The number of hydrogen-bond acceptors (Lipinski definition) is 3. The Balaban J connectivity index is 2.58. The number of carbonyl (C=O) groups is 2. The first-order valence-electron chi connectivity index (χ1n) is 3.38. The van der Waals surface area contributed by atoms with E-state index in [4.69, 9.17) is 14.9 Å². The van der Waals surface area contributed by atoms with Crippen molar-refractivity contribution in [1.82, 2.24) is 0 Å². The van der Waals surface area contributed by atoms with E-state index in [1.54, 1.807) is 0 Å². The number of rotatable bonds is 4. The molecule has 0 spiro atoms. The van der Waals surface area contributed by atoms with Crippen LogP contribution in [0.15, 0.2) is 11.6 Å². The normalized spacial score (nSPS) is 22.0. The third-order valence-electron chi connectivity index (χ3n) is 1.42. The molecular weight excluding hydrogens is 164 g/mol. The summed E-state index contributed by atoms with van der Waals surface area (Å²) in [4.78, 5) is 20.5. The molecule has 0 bridgehead atoms. The first-order chi connectivity index (χ1) is 5.59. The zero-order chi connectivity index (χ0) is 9.14. The van der Waals surface area contributed by atoms with E-state index in [-0.39, 0.29) is 18.1 Å². The second-order valence-corrected chi connectivity index (χ2v) is 2.47. The fraction of sp³-hybridized carbons (Fsp3) is 0.429. The van der Waals surface area contributed by atoms with Gasteiger partial charge in [0.05, 0.1) is 12.7 Å². The topological polar surface area (TPSA) is 87.1 Å². The summed E-state index contributed by atoms with van der Waals surface area (Å²) < 4.78 is 4.77. The van der Waals surface area contributed by atoms with Gasteiger partial charge < -0.3 is 14.9 Å². The Kier molecular flexibility index (Phi) is 2.44. The van der Waals surface area contributed by atoms with Crippen LogP contribution >= 0.6 is 0 Å². The lowest BCUT2D eigenvalue weighted by atomic mass is 10.1. The van der Waals surface area contributed by atoms with Crippen LogP contribution in [0, 0.1) is 0 Å². The summed E-state index contributed by atoms with van der Waals surface area (Å²) in [6.45, 7) is 0.518. The highest BCUT2D eigenvalue weighted by Crippen LogP contribution is 2.18. The van der Waals surface area contributed by atoms with Gasteiger partial charge in [0, 0.05) is 18.1 Å². The van der Waals surface area contributed by atoms with Crippen molar-refractivity contribution in [3.63, 3.8) is 0 Å². The van der Waals surface area contributed by atoms with Crippen LogP contribution in [0.5, 0.6) is 0 Å². The summed E-state index contributed by atoms with van der Waals surface area (Å²) in [5, 5.41) is 16.8. The van der Waals surface area contributed by atoms with Crippen LogP contribution in [0.1, 0.15) is 6.42 Å². The summed E-state index contributed by atoms with van der Waals surface area (Å²) in [7, 11) is 0. The highest BCUT2D eigenvalue weighted by atomic mass is 16.6. The standard InChI is InChI=1S/C7H8O5/c8-6(9)2-4(7(10)11)1-5-3-12-5/h2,5H,1,3H2,(H,8,9)(H,10,11)/b4-2-. The second-order valence-electron chi connectivity index (χ2n) is 2.47. The molecule has 2 N–H and O–H groups in total. The van der Waals surface area contributed by atoms with Crippen LogP contribution in [0.3, 0.4) is 0 Å². The number of carboxylic acids is 2. The van der Waals surface area contributed by atoms with E-state index in [0.717, 1.165) is 0 Å². The predicted octanol–water partition coefficient (Wildman–Crippen LogP) is -0.129. The lowest BCUT2D eigenvalue weighted by molar-refractivity contribution is -0.135. The lowest BCUT2D eigenvalue weighted by Gasteiger charge is -1.95. The van der Waals surface area contributed by atoms with Crippen molar-refractivity contribution in [2.75, 3.05) is 6.61 Å². The fourth-order valence-electron chi connectivity index (χ4n) is 0.788. The molecular formula is C7H8O5. The molecule has 0 saturated carbocycles. The molecule has 5 heteroatoms. The van der Waals surface area contributed by atoms with Gasteiger partial charge in [-0.25, -0.2) is 9.59 Å². The van der Waals surface area contributed by atoms with Crippen LogP contribution < -0.4 is 0 Å². The summed E-state index contributed by atoms with van der Waals surface area (Å²) in [6.07, 6.45) is 0.762. The van der Waals surface area contributed by atoms with Crippen molar-refractivity contribution in [3.8, 4) is 0 Å². The van der Waals surface area contributed by atoms with Crippen molar-refractivity contribution >= 4 is 11.9 Å². The minimum atomic E-state index is -1.24. The third kappa shape index (κ3) is 2.71. The Bertz CT molecular complexity index is 238. The van der Waals surface area contributed by atoms with Gasteiger partial charge in [-0.2, -0.15) is 0 Å². The van der Waals surface area contributed by atoms with Crippen LogP contribution in [0.2, 0.25) is 0 Å². The van der Waals surface area contributed by atoms with E-state index < -0.39 is 11.9 Å². The van der Waals surface area contributed by atoms with Gasteiger partial charge in [-0.05, 0) is 0 Å². The van der Waals surface area contributed by atoms with Crippen LogP contribution in [0.25, 0.3) is 0 Å². The average Bonchev–Trinajstić information content (AvgIpc) is 2.68. The Morgan fingerprint density at radius 3 is 2.42 bits per heavy atom. The predicted molar refractivity (Wildman–Crippen MR) is 37.7 cm³/mol. The molecule has 1 saturated heterocycles. The molecule has 66 valence electrons. The van der Waals surface area contributed by atoms with E-state index >= 15 is 0 Å². The Morgan fingerprint density at radius 2 is 2.08 bits per heavy atom. The molecule has 1 unspecified atom stereocenters. The first-order valence-corrected chi connectivity index (χ1v) is 3.38. The van der Waals surface area contributed by atoms with Crippen LogP contribution in [-0.4, -0.2) is 34.9 Å². The van der Waals surface area contributed by atoms with Gasteiger partial charge in [0.15, 0.2) is 0 Å². The monoisotopic (exact) mass is 172 g/mol. The van der Waals surface area contributed by atoms with Crippen molar-refractivity contribution in [2.45, 2.75) is 12.5 Å². The first kappa shape index (κ1) is 8.73. The average molecular weight is 172 g/mol. The number of aliphatic carboxylic acids is 2. The zero-order valence-electron chi connectivity index (χ0n) is 6.19. The molecule has 1 rings (SSSR count). The molecule has 1 atom stereocenters. The molecule has 1 heterocycles. The number of carboxylic acid groups (broad SMARTS) is 2. The highest BCUT2D eigenvalue weighted by Gasteiger charge is 2.26. The smallest absolute Gasteiger partial charge is 0.331 e. The van der Waals surface area contributed by atoms with Gasteiger partial charge in [-0.15, -0.1) is 0 Å². The second kappa shape index (κ2) is 3.36. The van der Waals surface area contributed by atoms with Gasteiger partial charge in [0.25, 0.3) is 0 Å². The SMILES string of the molecule is O=C(O)/C=C(/CC1CO1)C(=O)O. The minimum Gasteiger partial charge on any atom is -0.478 e. The summed E-state index contributed by atoms with van der Waals surface area (Å²) in [6, 6.07) is 0. The van der Waals surface area contributed by atoms with Gasteiger partial charge in [-0.3, -0.25) is 0 Å². The Labute approximate surface area is 68.3 Å². The molecule has 0 aliphatic carbocycles. The third-order valence-corrected chi connectivity index (χ3v) is 1.42. The number of epoxide rings is 1. The summed E-state index contributed by atoms with van der Waals surface area (Å²) in [5.41, 5.74) is -0.120. The van der Waals surface area contributed by atoms with E-state index in [2.05, 4.69) is 0 Å². The largest absolute Gasteiger partial charge is 0.478 e. The van der Waals surface area contributed by atoms with E-state index in [0.29, 0.717) is 12.7 Å². The number of ether oxygens (including phenoxy) is 1. The Hall–Kier alpha value is -1.36. The van der Waals surface area contributed by atoms with Crippen molar-refractivity contribution in [2.24, 2.45) is 0 Å². The maximum Gasteiger partial charge on any atom is 0.331 e. The van der Waals surface area contributed by atoms with Gasteiger partial charge in [-0.1, -0.05) is 0 Å². The van der Waals surface area contributed by atoms with Crippen LogP contribution in [-0.2, 0) is 14.3 Å². The maximum absolute atomic E-state index is 10.4.